The number of benzene rings is 1. The van der Waals surface area contributed by atoms with Crippen LogP contribution in [0.3, 0.4) is 0 Å². The second kappa shape index (κ2) is 9.93. The Balaban J connectivity index is 2.08. The van der Waals surface area contributed by atoms with Crippen molar-refractivity contribution in [2.45, 2.75) is 39.2 Å². The van der Waals surface area contributed by atoms with Crippen LogP contribution in [0.2, 0.25) is 0 Å². The molecule has 19 heavy (non-hydrogen) atoms. The summed E-state index contributed by atoms with van der Waals surface area (Å²) in [6, 6.07) is 7.02. The summed E-state index contributed by atoms with van der Waals surface area (Å²) in [4.78, 5) is 2.19. The van der Waals surface area contributed by atoms with Gasteiger partial charge < -0.3 is 10.2 Å². The molecule has 0 aromatic heterocycles. The number of hydrogen-bond acceptors (Lipinski definition) is 2. The molecule has 0 radical (unpaired) electrons. The Morgan fingerprint density at radius 3 is 2.63 bits per heavy atom. The van der Waals surface area contributed by atoms with Crippen LogP contribution in [0.1, 0.15) is 38.2 Å². The summed E-state index contributed by atoms with van der Waals surface area (Å²) >= 11 is 0. The van der Waals surface area contributed by atoms with E-state index in [0.717, 1.165) is 25.2 Å². The normalized spacial score (nSPS) is 11.2. The van der Waals surface area contributed by atoms with E-state index in [1.165, 1.54) is 31.7 Å². The van der Waals surface area contributed by atoms with Gasteiger partial charge in [-0.2, -0.15) is 0 Å². The van der Waals surface area contributed by atoms with E-state index in [-0.39, 0.29) is 5.82 Å². The average molecular weight is 266 g/mol. The highest BCUT2D eigenvalue weighted by Crippen LogP contribution is 2.09. The van der Waals surface area contributed by atoms with Gasteiger partial charge in [-0.25, -0.2) is 4.39 Å². The molecule has 0 atom stereocenters. The molecule has 0 saturated carbocycles. The summed E-state index contributed by atoms with van der Waals surface area (Å²) in [5.41, 5.74) is 0.787. The molecule has 1 aromatic carbocycles. The second-order valence-electron chi connectivity index (χ2n) is 5.14. The molecule has 0 aliphatic rings. The fourth-order valence-corrected chi connectivity index (χ4v) is 2.11. The van der Waals surface area contributed by atoms with Crippen molar-refractivity contribution < 1.29 is 4.39 Å². The maximum Gasteiger partial charge on any atom is 0.127 e. The van der Waals surface area contributed by atoms with Crippen LogP contribution < -0.4 is 5.32 Å². The summed E-state index contributed by atoms with van der Waals surface area (Å²) in [6.07, 6.45) is 4.84. The molecule has 1 rings (SSSR count). The van der Waals surface area contributed by atoms with Gasteiger partial charge >= 0.3 is 0 Å². The zero-order valence-corrected chi connectivity index (χ0v) is 12.3. The molecule has 3 heteroatoms. The van der Waals surface area contributed by atoms with Crippen LogP contribution in [-0.2, 0) is 6.54 Å². The van der Waals surface area contributed by atoms with E-state index in [4.69, 9.17) is 0 Å². The monoisotopic (exact) mass is 266 g/mol. The maximum absolute atomic E-state index is 13.5. The molecule has 0 aliphatic carbocycles. The van der Waals surface area contributed by atoms with E-state index in [1.807, 2.05) is 12.1 Å². The number of rotatable bonds is 10. The standard InChI is InChI=1S/C16H27FN2/c1-3-11-18-12-7-4-8-13-19(2)14-15-9-5-6-10-16(15)17/h5-6,9-10,18H,3-4,7-8,11-14H2,1-2H3. The Morgan fingerprint density at radius 2 is 1.89 bits per heavy atom. The lowest BCUT2D eigenvalue weighted by Gasteiger charge is -2.17. The highest BCUT2D eigenvalue weighted by atomic mass is 19.1. The first-order valence-corrected chi connectivity index (χ1v) is 7.36. The van der Waals surface area contributed by atoms with Crippen molar-refractivity contribution in [3.05, 3.63) is 35.6 Å². The van der Waals surface area contributed by atoms with Gasteiger partial charge in [-0.05, 0) is 52.0 Å². The van der Waals surface area contributed by atoms with Gasteiger partial charge in [0.15, 0.2) is 0 Å². The van der Waals surface area contributed by atoms with E-state index in [1.54, 1.807) is 6.07 Å². The lowest BCUT2D eigenvalue weighted by molar-refractivity contribution is 0.312. The summed E-state index contributed by atoms with van der Waals surface area (Å²) in [6.45, 7) is 6.14. The molecule has 1 N–H and O–H groups in total. The first-order chi connectivity index (χ1) is 9.24. The minimum Gasteiger partial charge on any atom is -0.317 e. The molecule has 0 saturated heterocycles. The Labute approximate surface area is 117 Å². The third kappa shape index (κ3) is 7.28. The molecule has 2 nitrogen and oxygen atoms in total. The summed E-state index contributed by atoms with van der Waals surface area (Å²) < 4.78 is 13.5. The van der Waals surface area contributed by atoms with E-state index in [2.05, 4.69) is 24.2 Å². The number of unbranched alkanes of at least 4 members (excludes halogenated alkanes) is 2. The summed E-state index contributed by atoms with van der Waals surface area (Å²) in [5.74, 6) is -0.0990. The second-order valence-corrected chi connectivity index (χ2v) is 5.14. The zero-order valence-electron chi connectivity index (χ0n) is 12.3. The first kappa shape index (κ1) is 16.1. The van der Waals surface area contributed by atoms with Gasteiger partial charge in [0.1, 0.15) is 5.82 Å². The molecule has 0 spiro atoms. The predicted octanol–water partition coefficient (Wildman–Crippen LogP) is 3.43. The molecule has 0 amide bonds. The van der Waals surface area contributed by atoms with Gasteiger partial charge in [0.05, 0.1) is 0 Å². The van der Waals surface area contributed by atoms with Gasteiger partial charge in [0.25, 0.3) is 0 Å². The van der Waals surface area contributed by atoms with Crippen molar-refractivity contribution in [2.75, 3.05) is 26.7 Å². The van der Waals surface area contributed by atoms with Gasteiger partial charge in [-0.15, -0.1) is 0 Å². The van der Waals surface area contributed by atoms with E-state index in [0.29, 0.717) is 6.54 Å². The van der Waals surface area contributed by atoms with Crippen molar-refractivity contribution >= 4 is 0 Å². The number of halogens is 1. The minimum atomic E-state index is -0.0990. The van der Waals surface area contributed by atoms with Crippen LogP contribution in [-0.4, -0.2) is 31.6 Å². The molecule has 0 unspecified atom stereocenters. The minimum absolute atomic E-state index is 0.0990. The lowest BCUT2D eigenvalue weighted by atomic mass is 10.2. The molecule has 0 aliphatic heterocycles. The highest BCUT2D eigenvalue weighted by molar-refractivity contribution is 5.16. The smallest absolute Gasteiger partial charge is 0.127 e. The average Bonchev–Trinajstić information content (AvgIpc) is 2.40. The van der Waals surface area contributed by atoms with Gasteiger partial charge in [-0.3, -0.25) is 0 Å². The van der Waals surface area contributed by atoms with E-state index >= 15 is 0 Å². The Morgan fingerprint density at radius 1 is 1.11 bits per heavy atom. The van der Waals surface area contributed by atoms with Crippen LogP contribution in [0.4, 0.5) is 4.39 Å². The van der Waals surface area contributed by atoms with E-state index in [9.17, 15) is 4.39 Å². The molecule has 1 aromatic rings. The van der Waals surface area contributed by atoms with Crippen molar-refractivity contribution in [1.29, 1.82) is 0 Å². The summed E-state index contributed by atoms with van der Waals surface area (Å²) in [5, 5.41) is 3.41. The van der Waals surface area contributed by atoms with Crippen LogP contribution in [0, 0.1) is 5.82 Å². The highest BCUT2D eigenvalue weighted by Gasteiger charge is 2.04. The predicted molar refractivity (Wildman–Crippen MR) is 79.7 cm³/mol. The SMILES string of the molecule is CCCNCCCCCN(C)Cc1ccccc1F. The fraction of sp³-hybridized carbons (Fsp3) is 0.625. The molecular weight excluding hydrogens is 239 g/mol. The largest absolute Gasteiger partial charge is 0.317 e. The van der Waals surface area contributed by atoms with Gasteiger partial charge in [0.2, 0.25) is 0 Å². The third-order valence-electron chi connectivity index (χ3n) is 3.22. The number of hydrogen-bond donors (Lipinski definition) is 1. The van der Waals surface area contributed by atoms with Crippen molar-refractivity contribution in [3.8, 4) is 0 Å². The van der Waals surface area contributed by atoms with Crippen molar-refractivity contribution in [2.24, 2.45) is 0 Å². The van der Waals surface area contributed by atoms with Crippen molar-refractivity contribution in [1.82, 2.24) is 10.2 Å². The lowest BCUT2D eigenvalue weighted by Crippen LogP contribution is -2.20. The topological polar surface area (TPSA) is 15.3 Å². The Bertz CT molecular complexity index is 341. The summed E-state index contributed by atoms with van der Waals surface area (Å²) in [7, 11) is 2.06. The fourth-order valence-electron chi connectivity index (χ4n) is 2.11. The molecular formula is C16H27FN2. The zero-order chi connectivity index (χ0) is 13.9. The quantitative estimate of drug-likeness (QED) is 0.653. The number of nitrogens with one attached hydrogen (secondary N) is 1. The molecule has 0 fully saturated rings. The first-order valence-electron chi connectivity index (χ1n) is 7.36. The Hall–Kier alpha value is -0.930. The molecule has 108 valence electrons. The van der Waals surface area contributed by atoms with Crippen LogP contribution in [0.15, 0.2) is 24.3 Å². The molecule has 0 bridgehead atoms. The van der Waals surface area contributed by atoms with Crippen LogP contribution >= 0.6 is 0 Å². The van der Waals surface area contributed by atoms with Gasteiger partial charge in [0, 0.05) is 12.1 Å². The Kier molecular flexibility index (Phi) is 8.43. The maximum atomic E-state index is 13.5. The number of nitrogens with zero attached hydrogens (tertiary/aromatic N) is 1. The van der Waals surface area contributed by atoms with Crippen LogP contribution in [0.25, 0.3) is 0 Å². The van der Waals surface area contributed by atoms with E-state index < -0.39 is 0 Å². The van der Waals surface area contributed by atoms with Gasteiger partial charge in [-0.1, -0.05) is 31.5 Å². The van der Waals surface area contributed by atoms with Crippen molar-refractivity contribution in [3.63, 3.8) is 0 Å². The molecule has 0 heterocycles. The van der Waals surface area contributed by atoms with Crippen LogP contribution in [0.5, 0.6) is 0 Å². The third-order valence-corrected chi connectivity index (χ3v) is 3.22.